The molecule has 1 amide bonds. The molecule has 0 radical (unpaired) electrons. The van der Waals surface area contributed by atoms with Crippen LogP contribution in [0.5, 0.6) is 11.5 Å². The highest BCUT2D eigenvalue weighted by Gasteiger charge is 2.14. The van der Waals surface area contributed by atoms with Crippen LogP contribution in [0.25, 0.3) is 0 Å². The number of carbonyl (C=O) groups excluding carboxylic acids is 1. The average Bonchev–Trinajstić information content (AvgIpc) is 2.79. The van der Waals surface area contributed by atoms with Gasteiger partial charge in [-0.05, 0) is 48.9 Å². The summed E-state index contributed by atoms with van der Waals surface area (Å²) in [6, 6.07) is 13.3. The number of nitrogens with one attached hydrogen (secondary N) is 2. The highest BCUT2D eigenvalue weighted by atomic mass is 19.1. The van der Waals surface area contributed by atoms with Gasteiger partial charge < -0.3 is 15.4 Å². The lowest BCUT2D eigenvalue weighted by Gasteiger charge is -2.13. The summed E-state index contributed by atoms with van der Waals surface area (Å²) in [6.07, 6.45) is 4.80. The van der Waals surface area contributed by atoms with E-state index in [-0.39, 0.29) is 12.5 Å². The second-order valence-corrected chi connectivity index (χ2v) is 7.07. The van der Waals surface area contributed by atoms with E-state index in [2.05, 4.69) is 25.6 Å². The summed E-state index contributed by atoms with van der Waals surface area (Å²) in [6.45, 7) is 1.74. The van der Waals surface area contributed by atoms with Gasteiger partial charge in [-0.15, -0.1) is 0 Å². The fourth-order valence-corrected chi connectivity index (χ4v) is 3.11. The van der Waals surface area contributed by atoms with Crippen molar-refractivity contribution in [3.63, 3.8) is 0 Å². The van der Waals surface area contributed by atoms with Crippen LogP contribution in [-0.2, 0) is 6.54 Å². The molecule has 9 heteroatoms. The van der Waals surface area contributed by atoms with Crippen LogP contribution in [0.15, 0.2) is 73.2 Å². The molecule has 0 unspecified atom stereocenters. The Bertz CT molecular complexity index is 1260. The summed E-state index contributed by atoms with van der Waals surface area (Å²) < 4.78 is 32.7. The molecule has 0 aliphatic rings. The Balaban J connectivity index is 1.47. The molecule has 4 rings (SSSR count). The number of aromatic nitrogens is 3. The van der Waals surface area contributed by atoms with E-state index < -0.39 is 11.6 Å². The zero-order valence-corrected chi connectivity index (χ0v) is 17.5. The quantitative estimate of drug-likeness (QED) is 0.418. The lowest BCUT2D eigenvalue weighted by molar-refractivity contribution is 0.0950. The highest BCUT2D eigenvalue weighted by Crippen LogP contribution is 2.28. The van der Waals surface area contributed by atoms with Crippen molar-refractivity contribution in [3.8, 4) is 11.5 Å². The number of benzene rings is 2. The molecule has 0 atom stereocenters. The van der Waals surface area contributed by atoms with Gasteiger partial charge in [0.25, 0.3) is 5.91 Å². The van der Waals surface area contributed by atoms with E-state index in [1.165, 1.54) is 12.1 Å². The van der Waals surface area contributed by atoms with Gasteiger partial charge in [-0.1, -0.05) is 6.07 Å². The molecule has 2 heterocycles. The maximum Gasteiger partial charge on any atom is 0.251 e. The van der Waals surface area contributed by atoms with E-state index in [4.69, 9.17) is 4.74 Å². The molecular weight excluding hydrogens is 428 g/mol. The second kappa shape index (κ2) is 9.82. The summed E-state index contributed by atoms with van der Waals surface area (Å²) in [7, 11) is 0. The average molecular weight is 447 g/mol. The molecule has 0 aliphatic heterocycles. The molecule has 2 aromatic heterocycles. The number of hydrogen-bond donors (Lipinski definition) is 2. The number of pyridine rings is 1. The predicted molar refractivity (Wildman–Crippen MR) is 118 cm³/mol. The first kappa shape index (κ1) is 21.8. The maximum atomic E-state index is 13.4. The van der Waals surface area contributed by atoms with E-state index in [0.717, 1.165) is 6.07 Å². The smallest absolute Gasteiger partial charge is 0.251 e. The minimum atomic E-state index is -0.698. The number of halogens is 2. The van der Waals surface area contributed by atoms with Gasteiger partial charge in [0.15, 0.2) is 0 Å². The first-order chi connectivity index (χ1) is 16.0. The Morgan fingerprint density at radius 3 is 2.45 bits per heavy atom. The van der Waals surface area contributed by atoms with Crippen LogP contribution >= 0.6 is 0 Å². The lowest BCUT2D eigenvalue weighted by Crippen LogP contribution is -2.23. The van der Waals surface area contributed by atoms with Gasteiger partial charge in [0.1, 0.15) is 29.0 Å². The minimum Gasteiger partial charge on any atom is -0.457 e. The van der Waals surface area contributed by atoms with Crippen LogP contribution in [-0.4, -0.2) is 20.9 Å². The van der Waals surface area contributed by atoms with E-state index >= 15 is 0 Å². The Morgan fingerprint density at radius 1 is 0.939 bits per heavy atom. The van der Waals surface area contributed by atoms with Gasteiger partial charge in [-0.3, -0.25) is 4.79 Å². The van der Waals surface area contributed by atoms with Crippen LogP contribution in [0, 0.1) is 18.6 Å². The maximum absolute atomic E-state index is 13.4. The van der Waals surface area contributed by atoms with Gasteiger partial charge in [0.05, 0.1) is 0 Å². The van der Waals surface area contributed by atoms with Crippen molar-refractivity contribution >= 4 is 17.7 Å². The summed E-state index contributed by atoms with van der Waals surface area (Å²) >= 11 is 0. The molecule has 2 aromatic carbocycles. The number of nitrogens with zero attached hydrogens (tertiary/aromatic N) is 3. The standard InChI is InChI=1S/C24H19F2N5O2/c1-15-20(23(32)30-14-16-10-17(25)12-18(26)11-16)4-2-5-21(15)33-19-6-9-27-22(13-19)31-24-28-7-3-8-29-24/h2-13H,14H2,1H3,(H,30,32)(H,27,28,29,31). The summed E-state index contributed by atoms with van der Waals surface area (Å²) in [5.74, 6) is 0.0855. The molecule has 33 heavy (non-hydrogen) atoms. The van der Waals surface area contributed by atoms with Gasteiger partial charge >= 0.3 is 0 Å². The molecule has 0 saturated carbocycles. The van der Waals surface area contributed by atoms with Gasteiger partial charge in [-0.2, -0.15) is 0 Å². The number of rotatable bonds is 7. The molecule has 2 N–H and O–H groups in total. The predicted octanol–water partition coefficient (Wildman–Crippen LogP) is 4.92. The molecule has 0 aliphatic carbocycles. The number of hydrogen-bond acceptors (Lipinski definition) is 6. The SMILES string of the molecule is Cc1c(Oc2ccnc(Nc3ncccn3)c2)cccc1C(=O)NCc1cc(F)cc(F)c1. The molecule has 7 nitrogen and oxygen atoms in total. The Labute approximate surface area is 188 Å². The zero-order valence-electron chi connectivity index (χ0n) is 17.5. The van der Waals surface area contributed by atoms with Crippen molar-refractivity contribution in [3.05, 3.63) is 102 Å². The van der Waals surface area contributed by atoms with Crippen molar-refractivity contribution in [2.45, 2.75) is 13.5 Å². The zero-order chi connectivity index (χ0) is 23.2. The molecule has 0 fully saturated rings. The second-order valence-electron chi connectivity index (χ2n) is 7.07. The fourth-order valence-electron chi connectivity index (χ4n) is 3.11. The number of ether oxygens (including phenoxy) is 1. The van der Waals surface area contributed by atoms with Crippen molar-refractivity contribution in [2.75, 3.05) is 5.32 Å². The van der Waals surface area contributed by atoms with Gasteiger partial charge in [0, 0.05) is 48.4 Å². The van der Waals surface area contributed by atoms with Crippen LogP contribution < -0.4 is 15.4 Å². The van der Waals surface area contributed by atoms with Crippen LogP contribution in [0.2, 0.25) is 0 Å². The van der Waals surface area contributed by atoms with Gasteiger partial charge in [0.2, 0.25) is 5.95 Å². The molecule has 4 aromatic rings. The third-order valence-corrected chi connectivity index (χ3v) is 4.67. The number of anilines is 2. The van der Waals surface area contributed by atoms with E-state index in [1.54, 1.807) is 61.9 Å². The van der Waals surface area contributed by atoms with Crippen LogP contribution in [0.3, 0.4) is 0 Å². The first-order valence-corrected chi connectivity index (χ1v) is 9.98. The van der Waals surface area contributed by atoms with E-state index in [1.807, 2.05) is 0 Å². The lowest BCUT2D eigenvalue weighted by atomic mass is 10.1. The van der Waals surface area contributed by atoms with Crippen molar-refractivity contribution in [1.82, 2.24) is 20.3 Å². The molecular formula is C24H19F2N5O2. The molecule has 0 saturated heterocycles. The Morgan fingerprint density at radius 2 is 1.70 bits per heavy atom. The van der Waals surface area contributed by atoms with Crippen molar-refractivity contribution in [1.29, 1.82) is 0 Å². The number of carbonyl (C=O) groups is 1. The number of amides is 1. The topological polar surface area (TPSA) is 89.0 Å². The highest BCUT2D eigenvalue weighted by molar-refractivity contribution is 5.96. The fraction of sp³-hybridized carbons (Fsp3) is 0.0833. The Kier molecular flexibility index (Phi) is 6.49. The van der Waals surface area contributed by atoms with Crippen molar-refractivity contribution in [2.24, 2.45) is 0 Å². The van der Waals surface area contributed by atoms with Crippen molar-refractivity contribution < 1.29 is 18.3 Å². The van der Waals surface area contributed by atoms with E-state index in [9.17, 15) is 13.6 Å². The monoisotopic (exact) mass is 447 g/mol. The summed E-state index contributed by atoms with van der Waals surface area (Å²) in [5.41, 5.74) is 1.32. The molecule has 166 valence electrons. The molecule has 0 spiro atoms. The first-order valence-electron chi connectivity index (χ1n) is 9.98. The summed E-state index contributed by atoms with van der Waals surface area (Å²) in [4.78, 5) is 25.1. The Hall–Kier alpha value is -4.40. The third-order valence-electron chi connectivity index (χ3n) is 4.67. The normalized spacial score (nSPS) is 10.5. The largest absolute Gasteiger partial charge is 0.457 e. The third kappa shape index (κ3) is 5.65. The van der Waals surface area contributed by atoms with Crippen LogP contribution in [0.4, 0.5) is 20.5 Å². The van der Waals surface area contributed by atoms with Crippen LogP contribution in [0.1, 0.15) is 21.5 Å². The molecule has 0 bridgehead atoms. The van der Waals surface area contributed by atoms with E-state index in [0.29, 0.717) is 40.0 Å². The minimum absolute atomic E-state index is 0.0149. The van der Waals surface area contributed by atoms with Gasteiger partial charge in [-0.25, -0.2) is 23.7 Å². The summed E-state index contributed by atoms with van der Waals surface area (Å²) in [5, 5.41) is 5.66.